The van der Waals surface area contributed by atoms with Crippen LogP contribution in [-0.4, -0.2) is 52.5 Å². The summed E-state index contributed by atoms with van der Waals surface area (Å²) >= 11 is 6.87. The molecule has 244 valence electrons. The molecule has 5 rings (SSSR count). The number of aliphatic hydroxyl groups excluding tert-OH is 1. The Hall–Kier alpha value is -3.63. The van der Waals surface area contributed by atoms with Crippen LogP contribution in [0.15, 0.2) is 54.6 Å². The average Bonchev–Trinajstić information content (AvgIpc) is 3.51. The molecule has 10 heteroatoms. The van der Waals surface area contributed by atoms with Gasteiger partial charge in [-0.15, -0.1) is 0 Å². The third kappa shape index (κ3) is 6.60. The lowest BCUT2D eigenvalue weighted by atomic mass is 9.96. The summed E-state index contributed by atoms with van der Waals surface area (Å²) in [6.07, 6.45) is 0.570. The van der Waals surface area contributed by atoms with Gasteiger partial charge in [-0.2, -0.15) is 5.10 Å². The van der Waals surface area contributed by atoms with Gasteiger partial charge in [-0.1, -0.05) is 74.8 Å². The van der Waals surface area contributed by atoms with Crippen molar-refractivity contribution in [2.24, 2.45) is 7.05 Å². The number of hydrogen-bond acceptors (Lipinski definition) is 5. The predicted octanol–water partition coefficient (Wildman–Crippen LogP) is 8.84. The summed E-state index contributed by atoms with van der Waals surface area (Å²) in [7, 11) is -0.161. The summed E-state index contributed by atoms with van der Waals surface area (Å²) < 4.78 is 14.2. The number of aliphatic hydroxyl groups is 1. The fraction of sp³-hybridized carbons (Fsp3) is 0.389. The number of carboxylic acid groups (broad SMARTS) is 1. The van der Waals surface area contributed by atoms with Gasteiger partial charge < -0.3 is 24.4 Å². The molecule has 8 nitrogen and oxygen atoms in total. The maximum absolute atomic E-state index is 12.5. The van der Waals surface area contributed by atoms with Crippen LogP contribution in [0.3, 0.4) is 0 Å². The van der Waals surface area contributed by atoms with Gasteiger partial charge in [0.25, 0.3) is 0 Å². The molecule has 0 spiro atoms. The first-order valence-electron chi connectivity index (χ1n) is 15.7. The Morgan fingerprint density at radius 1 is 1.04 bits per heavy atom. The van der Waals surface area contributed by atoms with Crippen LogP contribution < -0.4 is 4.74 Å². The lowest BCUT2D eigenvalue weighted by Gasteiger charge is -2.36. The number of aromatic carboxylic acids is 1. The zero-order valence-electron chi connectivity index (χ0n) is 27.7. The Morgan fingerprint density at radius 2 is 1.76 bits per heavy atom. The second-order valence-electron chi connectivity index (χ2n) is 13.4. The van der Waals surface area contributed by atoms with Crippen molar-refractivity contribution >= 4 is 47.6 Å². The highest BCUT2D eigenvalue weighted by Crippen LogP contribution is 2.43. The minimum Gasteiger partial charge on any atom is -0.493 e. The largest absolute Gasteiger partial charge is 0.493 e. The molecule has 3 N–H and O–H groups in total. The number of carbonyl (C=O) groups is 1. The maximum Gasteiger partial charge on any atom is 0.352 e. The SMILES string of the molecule is Cc1c(-c2c(Cl)ccc3c(CCCOc4cccc5ccccc45)c(C(=O)O)[nH]c23)c(C(O)CCO[Si](C)(C)C(C)(C)C)nn1C. The van der Waals surface area contributed by atoms with Crippen molar-refractivity contribution in [1.29, 1.82) is 0 Å². The molecule has 0 aliphatic heterocycles. The summed E-state index contributed by atoms with van der Waals surface area (Å²) in [5.74, 6) is -0.244. The van der Waals surface area contributed by atoms with Crippen LogP contribution in [0.1, 0.15) is 67.2 Å². The smallest absolute Gasteiger partial charge is 0.352 e. The first kappa shape index (κ1) is 33.7. The molecule has 3 aromatic carbocycles. The van der Waals surface area contributed by atoms with Crippen LogP contribution in [0.2, 0.25) is 23.2 Å². The second kappa shape index (κ2) is 13.2. The van der Waals surface area contributed by atoms with Crippen LogP contribution >= 0.6 is 11.6 Å². The van der Waals surface area contributed by atoms with E-state index in [1.54, 1.807) is 10.7 Å². The Morgan fingerprint density at radius 3 is 2.48 bits per heavy atom. The number of nitrogens with one attached hydrogen (secondary N) is 1. The van der Waals surface area contributed by atoms with Gasteiger partial charge in [-0.25, -0.2) is 4.79 Å². The predicted molar refractivity (Wildman–Crippen MR) is 188 cm³/mol. The molecule has 46 heavy (non-hydrogen) atoms. The molecule has 1 unspecified atom stereocenters. The van der Waals surface area contributed by atoms with E-state index in [-0.39, 0.29) is 10.7 Å². The zero-order chi connectivity index (χ0) is 33.4. The van der Waals surface area contributed by atoms with Gasteiger partial charge in [0.2, 0.25) is 0 Å². The third-order valence-corrected chi connectivity index (χ3v) is 14.3. The van der Waals surface area contributed by atoms with Crippen LogP contribution in [0.25, 0.3) is 32.8 Å². The molecule has 5 aromatic rings. The zero-order valence-corrected chi connectivity index (χ0v) is 29.5. The lowest BCUT2D eigenvalue weighted by molar-refractivity contribution is 0.0690. The van der Waals surface area contributed by atoms with E-state index in [0.29, 0.717) is 65.4 Å². The minimum absolute atomic E-state index is 0.0586. The quantitative estimate of drug-likeness (QED) is 0.0910. The Bertz CT molecular complexity index is 1880. The van der Waals surface area contributed by atoms with Crippen molar-refractivity contribution < 1.29 is 24.2 Å². The number of aromatic amines is 1. The Labute approximate surface area is 276 Å². The van der Waals surface area contributed by atoms with Crippen molar-refractivity contribution in [3.05, 3.63) is 82.3 Å². The molecule has 2 heterocycles. The number of halogens is 1. The average molecular weight is 662 g/mol. The van der Waals surface area contributed by atoms with Gasteiger partial charge in [-0.3, -0.25) is 4.68 Å². The van der Waals surface area contributed by atoms with Gasteiger partial charge in [-0.05, 0) is 61.0 Å². The van der Waals surface area contributed by atoms with Crippen molar-refractivity contribution in [2.75, 3.05) is 13.2 Å². The monoisotopic (exact) mass is 661 g/mol. The number of rotatable bonds is 12. The Kier molecular flexibility index (Phi) is 9.70. The molecule has 0 radical (unpaired) electrons. The van der Waals surface area contributed by atoms with E-state index >= 15 is 0 Å². The first-order valence-corrected chi connectivity index (χ1v) is 19.0. The number of aryl methyl sites for hydroxylation is 2. The number of benzene rings is 3. The first-order chi connectivity index (χ1) is 21.7. The summed E-state index contributed by atoms with van der Waals surface area (Å²) in [6, 6.07) is 17.7. The molecule has 0 saturated heterocycles. The molecule has 0 aliphatic rings. The van der Waals surface area contributed by atoms with Crippen LogP contribution in [-0.2, 0) is 17.9 Å². The van der Waals surface area contributed by atoms with E-state index in [1.807, 2.05) is 62.5 Å². The van der Waals surface area contributed by atoms with Gasteiger partial charge in [0.15, 0.2) is 8.32 Å². The van der Waals surface area contributed by atoms with E-state index in [0.717, 1.165) is 27.6 Å². The lowest BCUT2D eigenvalue weighted by Crippen LogP contribution is -2.41. The van der Waals surface area contributed by atoms with E-state index in [4.69, 9.17) is 25.9 Å². The molecule has 0 amide bonds. The highest BCUT2D eigenvalue weighted by molar-refractivity contribution is 6.74. The number of H-pyrrole nitrogens is 1. The van der Waals surface area contributed by atoms with Gasteiger partial charge >= 0.3 is 5.97 Å². The van der Waals surface area contributed by atoms with E-state index in [9.17, 15) is 15.0 Å². The molecule has 0 saturated carbocycles. The molecule has 0 bridgehead atoms. The van der Waals surface area contributed by atoms with E-state index < -0.39 is 20.4 Å². The number of ether oxygens (including phenoxy) is 1. The van der Waals surface area contributed by atoms with Gasteiger partial charge in [0.05, 0.1) is 22.8 Å². The Balaban J connectivity index is 1.44. The fourth-order valence-corrected chi connectivity index (χ4v) is 7.00. The van der Waals surface area contributed by atoms with E-state index in [1.165, 1.54) is 0 Å². The van der Waals surface area contributed by atoms with Gasteiger partial charge in [0, 0.05) is 47.7 Å². The number of carboxylic acids is 1. The molecular weight excluding hydrogens is 618 g/mol. The van der Waals surface area contributed by atoms with Crippen LogP contribution in [0.4, 0.5) is 0 Å². The van der Waals surface area contributed by atoms with E-state index in [2.05, 4.69) is 38.8 Å². The summed E-state index contributed by atoms with van der Waals surface area (Å²) in [4.78, 5) is 15.7. The highest BCUT2D eigenvalue weighted by Gasteiger charge is 2.37. The highest BCUT2D eigenvalue weighted by atomic mass is 35.5. The second-order valence-corrected chi connectivity index (χ2v) is 18.7. The molecule has 2 aromatic heterocycles. The third-order valence-electron chi connectivity index (χ3n) is 9.41. The summed E-state index contributed by atoms with van der Waals surface area (Å²) in [5, 5.41) is 29.7. The summed E-state index contributed by atoms with van der Waals surface area (Å²) in [6.45, 7) is 13.7. The summed E-state index contributed by atoms with van der Waals surface area (Å²) in [5.41, 5.74) is 4.04. The normalized spacial score (nSPS) is 13.1. The van der Waals surface area contributed by atoms with Crippen molar-refractivity contribution in [2.45, 2.75) is 71.2 Å². The van der Waals surface area contributed by atoms with Crippen molar-refractivity contribution in [3.63, 3.8) is 0 Å². The molecule has 1 atom stereocenters. The topological polar surface area (TPSA) is 110 Å². The molecular formula is C36H44ClN3O5Si. The van der Waals surface area contributed by atoms with Crippen molar-refractivity contribution in [3.8, 4) is 16.9 Å². The standard InChI is InChI=1S/C36H44ClN3O5Si/c1-22-30(34(39-40(22)5)28(41)19-21-45-46(6,7)36(2,3)4)31-27(37)18-17-26-25(33(35(42)43)38-32(26)31)15-11-20-44-29-16-10-13-23-12-8-9-14-24(23)29/h8-10,12-14,16-18,28,38,41H,11,15,19-21H2,1-7H3,(H,42,43). The van der Waals surface area contributed by atoms with Crippen LogP contribution in [0.5, 0.6) is 5.75 Å². The maximum atomic E-state index is 12.5. The number of nitrogens with zero attached hydrogens (tertiary/aromatic N) is 2. The number of aromatic nitrogens is 3. The van der Waals surface area contributed by atoms with Gasteiger partial charge in [0.1, 0.15) is 17.5 Å². The minimum atomic E-state index is -1.99. The van der Waals surface area contributed by atoms with Crippen LogP contribution in [0, 0.1) is 6.92 Å². The number of hydrogen-bond donors (Lipinski definition) is 3. The molecule has 0 aliphatic carbocycles. The molecule has 0 fully saturated rings. The number of fused-ring (bicyclic) bond motifs is 2. The fourth-order valence-electron chi connectivity index (χ4n) is 5.69. The van der Waals surface area contributed by atoms with Crippen molar-refractivity contribution in [1.82, 2.24) is 14.8 Å².